The number of nitrogens with one attached hydrogen (secondary N) is 1. The van der Waals surface area contributed by atoms with Gasteiger partial charge in [-0.2, -0.15) is 0 Å². The van der Waals surface area contributed by atoms with Crippen molar-refractivity contribution in [2.75, 3.05) is 16.8 Å². The fourth-order valence-corrected chi connectivity index (χ4v) is 6.14. The Labute approximate surface area is 176 Å². The van der Waals surface area contributed by atoms with Crippen LogP contribution in [0.4, 0.5) is 17.1 Å². The SMILES string of the molecule is O=C1C2C3CCCN3C3(C(=O)Nc4ccc([N+](=O)[O-])cc43)C2C(=O)N1c1ccccc1. The number of benzene rings is 2. The molecular weight excluding hydrogens is 400 g/mol. The lowest BCUT2D eigenvalue weighted by Gasteiger charge is -2.36. The van der Waals surface area contributed by atoms with Gasteiger partial charge in [0, 0.05) is 29.4 Å². The summed E-state index contributed by atoms with van der Waals surface area (Å²) in [5, 5.41) is 14.3. The van der Waals surface area contributed by atoms with Crippen LogP contribution < -0.4 is 10.2 Å². The molecule has 3 saturated heterocycles. The van der Waals surface area contributed by atoms with Crippen LogP contribution in [-0.4, -0.2) is 40.1 Å². The first-order valence-electron chi connectivity index (χ1n) is 10.3. The van der Waals surface area contributed by atoms with Crippen LogP contribution >= 0.6 is 0 Å². The summed E-state index contributed by atoms with van der Waals surface area (Å²) in [6, 6.07) is 12.7. The maximum absolute atomic E-state index is 13.7. The number of hydrogen-bond donors (Lipinski definition) is 1. The van der Waals surface area contributed by atoms with Gasteiger partial charge in [0.15, 0.2) is 0 Å². The third-order valence-corrected chi connectivity index (χ3v) is 7.20. The highest BCUT2D eigenvalue weighted by atomic mass is 16.6. The molecule has 0 radical (unpaired) electrons. The summed E-state index contributed by atoms with van der Waals surface area (Å²) in [6.07, 6.45) is 1.49. The molecule has 3 amide bonds. The van der Waals surface area contributed by atoms with Crippen LogP contribution in [0.15, 0.2) is 48.5 Å². The second-order valence-electron chi connectivity index (χ2n) is 8.46. The summed E-state index contributed by atoms with van der Waals surface area (Å²) in [6.45, 7) is 0.555. The normalized spacial score (nSPS) is 31.2. The molecule has 4 heterocycles. The van der Waals surface area contributed by atoms with E-state index in [2.05, 4.69) is 5.32 Å². The van der Waals surface area contributed by atoms with E-state index in [1.165, 1.54) is 23.1 Å². The number of carbonyl (C=O) groups excluding carboxylic acids is 3. The molecule has 0 bridgehead atoms. The van der Waals surface area contributed by atoms with Gasteiger partial charge in [-0.25, -0.2) is 4.90 Å². The summed E-state index contributed by atoms with van der Waals surface area (Å²) in [5.74, 6) is -2.70. The van der Waals surface area contributed by atoms with E-state index in [4.69, 9.17) is 0 Å². The number of nitro benzene ring substituents is 1. The molecule has 9 nitrogen and oxygen atoms in total. The lowest BCUT2D eigenvalue weighted by Crippen LogP contribution is -2.54. The monoisotopic (exact) mass is 418 g/mol. The van der Waals surface area contributed by atoms with Crippen molar-refractivity contribution in [3.8, 4) is 0 Å². The molecule has 4 aliphatic rings. The van der Waals surface area contributed by atoms with Gasteiger partial charge in [0.05, 0.1) is 22.4 Å². The molecular formula is C22H18N4O5. The van der Waals surface area contributed by atoms with Crippen LogP contribution in [0.3, 0.4) is 0 Å². The number of imide groups is 1. The van der Waals surface area contributed by atoms with Crippen molar-refractivity contribution in [3.05, 3.63) is 64.2 Å². The van der Waals surface area contributed by atoms with E-state index in [-0.39, 0.29) is 17.6 Å². The predicted molar refractivity (Wildman–Crippen MR) is 109 cm³/mol. The van der Waals surface area contributed by atoms with Crippen LogP contribution in [-0.2, 0) is 19.9 Å². The number of amides is 3. The van der Waals surface area contributed by atoms with Crippen LogP contribution in [0.5, 0.6) is 0 Å². The summed E-state index contributed by atoms with van der Waals surface area (Å²) < 4.78 is 0. The number of rotatable bonds is 2. The zero-order valence-corrected chi connectivity index (χ0v) is 16.4. The molecule has 2 aromatic rings. The molecule has 0 aromatic heterocycles. The predicted octanol–water partition coefficient (Wildman–Crippen LogP) is 2.03. The highest BCUT2D eigenvalue weighted by Gasteiger charge is 2.74. The topological polar surface area (TPSA) is 113 Å². The number of carbonyl (C=O) groups is 3. The largest absolute Gasteiger partial charge is 0.324 e. The van der Waals surface area contributed by atoms with Gasteiger partial charge in [-0.1, -0.05) is 18.2 Å². The molecule has 9 heteroatoms. The van der Waals surface area contributed by atoms with Gasteiger partial charge in [-0.3, -0.25) is 29.4 Å². The van der Waals surface area contributed by atoms with Crippen molar-refractivity contribution in [1.29, 1.82) is 0 Å². The van der Waals surface area contributed by atoms with Gasteiger partial charge in [0.2, 0.25) is 17.7 Å². The Morgan fingerprint density at radius 2 is 1.84 bits per heavy atom. The van der Waals surface area contributed by atoms with E-state index in [0.717, 1.165) is 6.42 Å². The van der Waals surface area contributed by atoms with E-state index in [0.29, 0.717) is 29.9 Å². The molecule has 4 unspecified atom stereocenters. The minimum absolute atomic E-state index is 0.148. The Morgan fingerprint density at radius 3 is 2.58 bits per heavy atom. The van der Waals surface area contributed by atoms with E-state index in [1.54, 1.807) is 30.3 Å². The maximum atomic E-state index is 13.7. The summed E-state index contributed by atoms with van der Waals surface area (Å²) in [5.41, 5.74) is -0.207. The van der Waals surface area contributed by atoms with Gasteiger partial charge in [0.1, 0.15) is 5.54 Å². The standard InChI is InChI=1S/C22H18N4O5/c27-19-17-16-7-4-10-24(16)22(18(17)20(28)25(19)12-5-2-1-3-6-12)14-11-13(26(30)31)8-9-15(14)23-21(22)29/h1-3,5-6,8-9,11,16-18H,4,7,10H2,(H,23,29). The average Bonchev–Trinajstić information content (AvgIpc) is 3.46. The van der Waals surface area contributed by atoms with Crippen molar-refractivity contribution >= 4 is 34.8 Å². The van der Waals surface area contributed by atoms with Crippen molar-refractivity contribution in [3.63, 3.8) is 0 Å². The molecule has 0 aliphatic carbocycles. The highest BCUT2D eigenvalue weighted by Crippen LogP contribution is 2.60. The third-order valence-electron chi connectivity index (χ3n) is 7.20. The van der Waals surface area contributed by atoms with Crippen molar-refractivity contribution in [2.45, 2.75) is 24.4 Å². The van der Waals surface area contributed by atoms with E-state index in [9.17, 15) is 24.5 Å². The smallest absolute Gasteiger partial charge is 0.269 e. The summed E-state index contributed by atoms with van der Waals surface area (Å²) in [4.78, 5) is 54.8. The number of para-hydroxylation sites is 1. The zero-order chi connectivity index (χ0) is 21.5. The van der Waals surface area contributed by atoms with E-state index < -0.39 is 34.1 Å². The van der Waals surface area contributed by atoms with Crippen LogP contribution in [0.1, 0.15) is 18.4 Å². The lowest BCUT2D eigenvalue weighted by atomic mass is 9.75. The van der Waals surface area contributed by atoms with Gasteiger partial charge in [-0.05, 0) is 37.6 Å². The van der Waals surface area contributed by atoms with Crippen molar-refractivity contribution in [1.82, 2.24) is 4.90 Å². The molecule has 1 N–H and O–H groups in total. The molecule has 4 aliphatic heterocycles. The van der Waals surface area contributed by atoms with E-state index in [1.807, 2.05) is 4.90 Å². The van der Waals surface area contributed by atoms with Gasteiger partial charge < -0.3 is 5.32 Å². The highest BCUT2D eigenvalue weighted by molar-refractivity contribution is 6.25. The number of nitro groups is 1. The second-order valence-corrected chi connectivity index (χ2v) is 8.46. The number of non-ortho nitro benzene ring substituents is 1. The number of nitrogens with zero attached hydrogens (tertiary/aromatic N) is 3. The maximum Gasteiger partial charge on any atom is 0.269 e. The van der Waals surface area contributed by atoms with E-state index >= 15 is 0 Å². The molecule has 156 valence electrons. The van der Waals surface area contributed by atoms with Gasteiger partial charge in [-0.15, -0.1) is 0 Å². The Balaban J connectivity index is 1.58. The Kier molecular flexibility index (Phi) is 3.51. The first-order valence-corrected chi connectivity index (χ1v) is 10.3. The van der Waals surface area contributed by atoms with Gasteiger partial charge in [0.25, 0.3) is 5.69 Å². The molecule has 2 aromatic carbocycles. The minimum atomic E-state index is -1.41. The average molecular weight is 418 g/mol. The van der Waals surface area contributed by atoms with Crippen LogP contribution in [0.25, 0.3) is 0 Å². The quantitative estimate of drug-likeness (QED) is 0.454. The Bertz CT molecular complexity index is 1180. The summed E-state index contributed by atoms with van der Waals surface area (Å²) >= 11 is 0. The lowest BCUT2D eigenvalue weighted by molar-refractivity contribution is -0.385. The zero-order valence-electron chi connectivity index (χ0n) is 16.4. The molecule has 0 saturated carbocycles. The number of anilines is 2. The molecule has 4 atom stereocenters. The van der Waals surface area contributed by atoms with Crippen molar-refractivity contribution in [2.24, 2.45) is 11.8 Å². The Morgan fingerprint density at radius 1 is 1.06 bits per heavy atom. The molecule has 6 rings (SSSR count). The Hall–Kier alpha value is -3.59. The summed E-state index contributed by atoms with van der Waals surface area (Å²) in [7, 11) is 0. The first kappa shape index (κ1) is 18.2. The number of fused-ring (bicyclic) bond motifs is 7. The molecule has 1 spiro atoms. The fraction of sp³-hybridized carbons (Fsp3) is 0.318. The van der Waals surface area contributed by atoms with Crippen molar-refractivity contribution < 1.29 is 19.3 Å². The number of hydrogen-bond acceptors (Lipinski definition) is 6. The minimum Gasteiger partial charge on any atom is -0.324 e. The third kappa shape index (κ3) is 2.06. The molecule has 31 heavy (non-hydrogen) atoms. The first-order chi connectivity index (χ1) is 15.0. The van der Waals surface area contributed by atoms with Gasteiger partial charge >= 0.3 is 0 Å². The second kappa shape index (κ2) is 5.98. The van der Waals surface area contributed by atoms with Crippen LogP contribution in [0, 0.1) is 22.0 Å². The molecule has 3 fully saturated rings. The fourth-order valence-electron chi connectivity index (χ4n) is 6.14. The van der Waals surface area contributed by atoms with Crippen LogP contribution in [0.2, 0.25) is 0 Å².